The van der Waals surface area contributed by atoms with Gasteiger partial charge in [0, 0.05) is 31.2 Å². The van der Waals surface area contributed by atoms with Crippen molar-refractivity contribution in [3.63, 3.8) is 0 Å². The van der Waals surface area contributed by atoms with Crippen molar-refractivity contribution in [2.75, 3.05) is 10.2 Å². The minimum Gasteiger partial charge on any atom is -0.508 e. The van der Waals surface area contributed by atoms with E-state index in [0.717, 1.165) is 11.4 Å². The minimum atomic E-state index is -0.179. The van der Waals surface area contributed by atoms with Crippen LogP contribution in [0.2, 0.25) is 0 Å². The van der Waals surface area contributed by atoms with Gasteiger partial charge in [0.2, 0.25) is 5.91 Å². The molecular formula is C26H24N2O10. The van der Waals surface area contributed by atoms with E-state index in [4.69, 9.17) is 20.0 Å². The molecule has 4 aromatic carbocycles. The van der Waals surface area contributed by atoms with Gasteiger partial charge in [-0.2, -0.15) is 0 Å². The molecule has 0 aliphatic carbocycles. The fourth-order valence-electron chi connectivity index (χ4n) is 3.79. The number of anilines is 4. The standard InChI is InChI=1S/C14H11NO4.C12H9NO3.H2O2.H2O/c1-8(16)15-11-4-2-9(17)6-13(11)19-14-7-10(18)3-5-12(14)15;14-7-1-3-9-11(5-7)16-12-6-8(15)2-4-10(12)13-9;1-2;/h2-7,17-18H,1H3;1-6,13-15H;1-2H;1H2. The van der Waals surface area contributed by atoms with Crippen molar-refractivity contribution in [3.05, 3.63) is 72.8 Å². The molecule has 0 saturated heterocycles. The van der Waals surface area contributed by atoms with Crippen LogP contribution in [0.5, 0.6) is 46.0 Å². The van der Waals surface area contributed by atoms with Gasteiger partial charge in [0.1, 0.15) is 23.0 Å². The van der Waals surface area contributed by atoms with Gasteiger partial charge >= 0.3 is 0 Å². The van der Waals surface area contributed by atoms with Crippen LogP contribution in [0.25, 0.3) is 0 Å². The summed E-state index contributed by atoms with van der Waals surface area (Å²) in [6.07, 6.45) is 0. The molecule has 0 unspecified atom stereocenters. The smallest absolute Gasteiger partial charge is 0.228 e. The van der Waals surface area contributed by atoms with E-state index in [1.807, 2.05) is 0 Å². The number of nitrogens with one attached hydrogen (secondary N) is 1. The molecule has 2 aliphatic rings. The predicted octanol–water partition coefficient (Wildman–Crippen LogP) is 5.03. The zero-order valence-electron chi connectivity index (χ0n) is 19.8. The maximum atomic E-state index is 11.8. The number of benzene rings is 4. The summed E-state index contributed by atoms with van der Waals surface area (Å²) in [5.74, 6) is 2.02. The number of nitrogens with zero attached hydrogens (tertiary/aromatic N) is 1. The van der Waals surface area contributed by atoms with Crippen LogP contribution in [0.1, 0.15) is 6.92 Å². The lowest BCUT2D eigenvalue weighted by molar-refractivity contribution is -0.176. The number of carbonyl (C=O) groups excluding carboxylic acids is 1. The van der Waals surface area contributed by atoms with Crippen LogP contribution in [0.15, 0.2) is 72.8 Å². The minimum absolute atomic E-state index is 0. The van der Waals surface area contributed by atoms with Crippen LogP contribution in [0.3, 0.4) is 0 Å². The van der Waals surface area contributed by atoms with Crippen LogP contribution in [-0.2, 0) is 4.79 Å². The third kappa shape index (κ3) is 5.47. The van der Waals surface area contributed by atoms with Gasteiger partial charge in [0.05, 0.1) is 22.7 Å². The van der Waals surface area contributed by atoms with Crippen molar-refractivity contribution in [3.8, 4) is 46.0 Å². The average Bonchev–Trinajstić information content (AvgIpc) is 2.87. The van der Waals surface area contributed by atoms with Crippen molar-refractivity contribution >= 4 is 28.7 Å². The lowest BCUT2D eigenvalue weighted by Crippen LogP contribution is -2.25. The molecule has 0 fully saturated rings. The van der Waals surface area contributed by atoms with Gasteiger partial charge in [-0.25, -0.2) is 0 Å². The summed E-state index contributed by atoms with van der Waals surface area (Å²) in [5.41, 5.74) is 2.69. The van der Waals surface area contributed by atoms with E-state index in [2.05, 4.69) is 5.32 Å². The van der Waals surface area contributed by atoms with Crippen molar-refractivity contribution < 1.29 is 50.7 Å². The van der Waals surface area contributed by atoms with Gasteiger partial charge in [-0.1, -0.05) is 0 Å². The fraction of sp³-hybridized carbons (Fsp3) is 0.0385. The Bertz CT molecular complexity index is 1370. The predicted molar refractivity (Wildman–Crippen MR) is 138 cm³/mol. The zero-order chi connectivity index (χ0) is 26.7. The fourth-order valence-corrected chi connectivity index (χ4v) is 3.79. The summed E-state index contributed by atoms with van der Waals surface area (Å²) in [6.45, 7) is 1.44. The normalized spacial score (nSPS) is 11.4. The van der Waals surface area contributed by atoms with Crippen LogP contribution >= 0.6 is 0 Å². The maximum Gasteiger partial charge on any atom is 0.228 e. The third-order valence-corrected chi connectivity index (χ3v) is 5.32. The number of hydrogen-bond acceptors (Lipinski definition) is 10. The monoisotopic (exact) mass is 524 g/mol. The molecular weight excluding hydrogens is 500 g/mol. The van der Waals surface area contributed by atoms with Crippen LogP contribution in [0.4, 0.5) is 22.7 Å². The van der Waals surface area contributed by atoms with Crippen molar-refractivity contribution in [2.45, 2.75) is 6.92 Å². The Labute approximate surface area is 215 Å². The first-order valence-electron chi connectivity index (χ1n) is 10.7. The third-order valence-electron chi connectivity index (χ3n) is 5.32. The summed E-state index contributed by atoms with van der Waals surface area (Å²) < 4.78 is 11.2. The second kappa shape index (κ2) is 11.3. The highest BCUT2D eigenvalue weighted by molar-refractivity contribution is 6.03. The van der Waals surface area contributed by atoms with Gasteiger partial charge in [-0.15, -0.1) is 0 Å². The van der Waals surface area contributed by atoms with Gasteiger partial charge in [0.15, 0.2) is 23.0 Å². The second-order valence-electron chi connectivity index (χ2n) is 7.85. The van der Waals surface area contributed by atoms with Crippen molar-refractivity contribution in [1.29, 1.82) is 0 Å². The Kier molecular flexibility index (Phi) is 8.13. The average molecular weight is 524 g/mol. The lowest BCUT2D eigenvalue weighted by Gasteiger charge is -2.30. The van der Waals surface area contributed by atoms with Crippen molar-refractivity contribution in [1.82, 2.24) is 0 Å². The molecule has 12 nitrogen and oxygen atoms in total. The first-order chi connectivity index (χ1) is 17.8. The topological polar surface area (TPSA) is 204 Å². The molecule has 0 saturated carbocycles. The molecule has 0 spiro atoms. The number of phenols is 4. The molecule has 0 radical (unpaired) electrons. The number of fused-ring (bicyclic) bond motifs is 4. The summed E-state index contributed by atoms with van der Waals surface area (Å²) in [7, 11) is 0. The molecule has 4 aromatic rings. The van der Waals surface area contributed by atoms with E-state index in [-0.39, 0.29) is 34.4 Å². The summed E-state index contributed by atoms with van der Waals surface area (Å²) in [5, 5.41) is 52.8. The molecule has 2 aliphatic heterocycles. The number of ether oxygens (including phenoxy) is 2. The number of carbonyl (C=O) groups is 1. The molecule has 0 aromatic heterocycles. The van der Waals surface area contributed by atoms with Gasteiger partial charge in [-0.05, 0) is 48.5 Å². The highest BCUT2D eigenvalue weighted by atomic mass is 17.0. The maximum absolute atomic E-state index is 11.8. The molecule has 38 heavy (non-hydrogen) atoms. The molecule has 2 heterocycles. The Morgan fingerprint density at radius 3 is 1.37 bits per heavy atom. The molecule has 6 rings (SSSR count). The van der Waals surface area contributed by atoms with E-state index in [9.17, 15) is 25.2 Å². The van der Waals surface area contributed by atoms with Crippen LogP contribution < -0.4 is 19.7 Å². The number of phenolic OH excluding ortho intramolecular Hbond substituents is 4. The molecule has 9 N–H and O–H groups in total. The van der Waals surface area contributed by atoms with E-state index < -0.39 is 0 Å². The SMILES string of the molecule is CC(=O)N1c2ccc(O)cc2Oc2cc(O)ccc21.O.OO.Oc1ccc2c(c1)Oc1cc(O)ccc1N2. The lowest BCUT2D eigenvalue weighted by atomic mass is 10.1. The number of amides is 1. The van der Waals surface area contributed by atoms with E-state index in [0.29, 0.717) is 34.4 Å². The van der Waals surface area contributed by atoms with E-state index >= 15 is 0 Å². The Balaban J connectivity index is 0.000000195. The first kappa shape index (κ1) is 27.4. The Hall–Kier alpha value is -5.17. The number of rotatable bonds is 0. The van der Waals surface area contributed by atoms with Gasteiger partial charge in [0.25, 0.3) is 0 Å². The summed E-state index contributed by atoms with van der Waals surface area (Å²) in [4.78, 5) is 13.3. The Morgan fingerprint density at radius 1 is 0.632 bits per heavy atom. The quantitative estimate of drug-likeness (QED) is 0.0817. The second-order valence-corrected chi connectivity index (χ2v) is 7.85. The van der Waals surface area contributed by atoms with E-state index in [1.165, 1.54) is 48.2 Å². The number of hydrogen-bond donors (Lipinski definition) is 7. The summed E-state index contributed by atoms with van der Waals surface area (Å²) >= 11 is 0. The molecule has 12 heteroatoms. The molecule has 0 atom stereocenters. The first-order valence-corrected chi connectivity index (χ1v) is 10.7. The van der Waals surface area contributed by atoms with Gasteiger partial charge < -0.3 is 40.7 Å². The highest BCUT2D eigenvalue weighted by Crippen LogP contribution is 2.48. The summed E-state index contributed by atoms with van der Waals surface area (Å²) in [6, 6.07) is 18.8. The Morgan fingerprint density at radius 2 is 0.974 bits per heavy atom. The number of aromatic hydroxyl groups is 4. The zero-order valence-corrected chi connectivity index (χ0v) is 19.8. The molecule has 0 bridgehead atoms. The largest absolute Gasteiger partial charge is 0.508 e. The highest BCUT2D eigenvalue weighted by Gasteiger charge is 2.27. The van der Waals surface area contributed by atoms with Gasteiger partial charge in [-0.3, -0.25) is 20.2 Å². The van der Waals surface area contributed by atoms with Crippen molar-refractivity contribution in [2.24, 2.45) is 0 Å². The van der Waals surface area contributed by atoms with Crippen LogP contribution in [-0.4, -0.2) is 42.3 Å². The van der Waals surface area contributed by atoms with Crippen LogP contribution in [0, 0.1) is 0 Å². The van der Waals surface area contributed by atoms with E-state index in [1.54, 1.807) is 36.4 Å². The molecule has 198 valence electrons. The molecule has 1 amide bonds.